The smallest absolute Gasteiger partial charge is 0.333 e. The molecule has 1 aromatic rings. The summed E-state index contributed by atoms with van der Waals surface area (Å²) in [6.45, 7) is 0.581. The summed E-state index contributed by atoms with van der Waals surface area (Å²) in [5.74, 6) is -1.09. The molecule has 112 valence electrons. The molecule has 0 spiro atoms. The average molecular weight is 284 g/mol. The first kappa shape index (κ1) is 15.7. The van der Waals surface area contributed by atoms with Crippen LogP contribution in [0, 0.1) is 0 Å². The van der Waals surface area contributed by atoms with Crippen LogP contribution in [-0.4, -0.2) is 33.4 Å². The SMILES string of the molecule is NC(N)=NCCCCCCC(=O)On1c(O)ccc1O. The first-order valence-corrected chi connectivity index (χ1v) is 6.37. The van der Waals surface area contributed by atoms with Crippen molar-refractivity contribution in [2.45, 2.75) is 32.1 Å². The van der Waals surface area contributed by atoms with Crippen molar-refractivity contribution in [3.63, 3.8) is 0 Å². The quantitative estimate of drug-likeness (QED) is 0.303. The number of carbonyl (C=O) groups excluding carboxylic acids is 1. The number of guanidine groups is 1. The number of aromatic nitrogens is 1. The molecule has 20 heavy (non-hydrogen) atoms. The van der Waals surface area contributed by atoms with Gasteiger partial charge in [0.25, 0.3) is 0 Å². The highest BCUT2D eigenvalue weighted by Gasteiger charge is 2.11. The van der Waals surface area contributed by atoms with Gasteiger partial charge in [-0.3, -0.25) is 4.99 Å². The van der Waals surface area contributed by atoms with E-state index in [4.69, 9.17) is 16.3 Å². The van der Waals surface area contributed by atoms with Crippen LogP contribution in [0.15, 0.2) is 17.1 Å². The molecule has 8 nitrogen and oxygen atoms in total. The van der Waals surface area contributed by atoms with Gasteiger partial charge in [-0.15, -0.1) is 4.73 Å². The molecule has 0 aromatic carbocycles. The van der Waals surface area contributed by atoms with E-state index in [9.17, 15) is 15.0 Å². The maximum atomic E-state index is 11.5. The molecule has 0 radical (unpaired) electrons. The molecule has 0 aliphatic rings. The highest BCUT2D eigenvalue weighted by atomic mass is 16.7. The number of carbonyl (C=O) groups is 1. The molecule has 6 N–H and O–H groups in total. The van der Waals surface area contributed by atoms with Crippen LogP contribution < -0.4 is 16.3 Å². The molecule has 0 atom stereocenters. The Balaban J connectivity index is 2.14. The third-order valence-corrected chi connectivity index (χ3v) is 2.57. The number of aliphatic imine (C=N–C) groups is 1. The van der Waals surface area contributed by atoms with Gasteiger partial charge >= 0.3 is 5.97 Å². The summed E-state index contributed by atoms with van der Waals surface area (Å²) in [6, 6.07) is 2.46. The molecule has 0 aliphatic heterocycles. The maximum absolute atomic E-state index is 11.5. The van der Waals surface area contributed by atoms with Gasteiger partial charge in [-0.1, -0.05) is 12.8 Å². The molecule has 8 heteroatoms. The fourth-order valence-corrected chi connectivity index (χ4v) is 1.59. The monoisotopic (exact) mass is 284 g/mol. The number of aromatic hydroxyl groups is 2. The van der Waals surface area contributed by atoms with Gasteiger partial charge in [0, 0.05) is 25.1 Å². The van der Waals surface area contributed by atoms with Gasteiger partial charge in [0.05, 0.1) is 0 Å². The minimum atomic E-state index is -0.518. The van der Waals surface area contributed by atoms with Crippen molar-refractivity contribution in [1.29, 1.82) is 0 Å². The van der Waals surface area contributed by atoms with Crippen LogP contribution in [0.25, 0.3) is 0 Å². The first-order chi connectivity index (χ1) is 9.50. The summed E-state index contributed by atoms with van der Waals surface area (Å²) in [5.41, 5.74) is 10.4. The van der Waals surface area contributed by atoms with Crippen molar-refractivity contribution in [3.8, 4) is 11.8 Å². The van der Waals surface area contributed by atoms with Gasteiger partial charge in [-0.05, 0) is 12.8 Å². The van der Waals surface area contributed by atoms with Crippen LogP contribution >= 0.6 is 0 Å². The average Bonchev–Trinajstić information content (AvgIpc) is 2.69. The summed E-state index contributed by atoms with van der Waals surface area (Å²) < 4.78 is 0.682. The predicted molar refractivity (Wildman–Crippen MR) is 73.1 cm³/mol. The Kier molecular flexibility index (Phi) is 6.21. The number of unbranched alkanes of at least 4 members (excludes halogenated alkanes) is 3. The zero-order valence-corrected chi connectivity index (χ0v) is 11.2. The van der Waals surface area contributed by atoms with Gasteiger partial charge in [0.2, 0.25) is 11.8 Å². The Morgan fingerprint density at radius 3 is 2.35 bits per heavy atom. The Morgan fingerprint density at radius 2 is 1.75 bits per heavy atom. The summed E-state index contributed by atoms with van der Waals surface area (Å²) in [5, 5.41) is 18.6. The fraction of sp³-hybridized carbons (Fsp3) is 0.500. The third kappa shape index (κ3) is 5.51. The van der Waals surface area contributed by atoms with Crippen LogP contribution in [-0.2, 0) is 4.79 Å². The highest BCUT2D eigenvalue weighted by molar-refractivity contribution is 5.75. The summed E-state index contributed by atoms with van der Waals surface area (Å²) in [7, 11) is 0. The second-order valence-corrected chi connectivity index (χ2v) is 4.28. The van der Waals surface area contributed by atoms with Crippen molar-refractivity contribution < 1.29 is 19.8 Å². The minimum absolute atomic E-state index is 0.0833. The van der Waals surface area contributed by atoms with E-state index in [0.717, 1.165) is 19.3 Å². The van der Waals surface area contributed by atoms with Crippen LogP contribution in [0.3, 0.4) is 0 Å². The molecule has 0 fully saturated rings. The molecule has 0 unspecified atom stereocenters. The molecule has 1 heterocycles. The summed E-state index contributed by atoms with van der Waals surface area (Å²) in [4.78, 5) is 20.1. The summed E-state index contributed by atoms with van der Waals surface area (Å²) >= 11 is 0. The van der Waals surface area contributed by atoms with Crippen molar-refractivity contribution in [1.82, 2.24) is 4.73 Å². The van der Waals surface area contributed by atoms with Crippen LogP contribution in [0.4, 0.5) is 0 Å². The molecule has 1 aromatic heterocycles. The van der Waals surface area contributed by atoms with E-state index in [0.29, 0.717) is 17.7 Å². The van der Waals surface area contributed by atoms with Gasteiger partial charge in [-0.2, -0.15) is 0 Å². The normalized spacial score (nSPS) is 10.2. The molecular weight excluding hydrogens is 264 g/mol. The number of rotatable bonds is 8. The standard InChI is InChI=1S/C12H20N4O4/c13-12(14)15-8-4-2-1-3-5-11(19)20-16-9(17)6-7-10(16)18/h6-7,17-18H,1-5,8H2,(H4,13,14,15). The molecule has 0 amide bonds. The number of hydrogen-bond donors (Lipinski definition) is 4. The van der Waals surface area contributed by atoms with Crippen LogP contribution in [0.1, 0.15) is 32.1 Å². The van der Waals surface area contributed by atoms with E-state index in [1.165, 1.54) is 12.1 Å². The van der Waals surface area contributed by atoms with Gasteiger partial charge in [0.1, 0.15) is 0 Å². The second kappa shape index (κ2) is 7.93. The number of nitrogens with zero attached hydrogens (tertiary/aromatic N) is 2. The predicted octanol–water partition coefficient (Wildman–Crippen LogP) is 0.0784. The zero-order valence-electron chi connectivity index (χ0n) is 11.2. The Bertz CT molecular complexity index is 447. The molecule has 0 saturated heterocycles. The van der Waals surface area contributed by atoms with E-state index in [-0.39, 0.29) is 24.1 Å². The van der Waals surface area contributed by atoms with Gasteiger partial charge in [-0.25, -0.2) is 4.79 Å². The molecule has 0 saturated carbocycles. The van der Waals surface area contributed by atoms with Crippen LogP contribution in [0.2, 0.25) is 0 Å². The number of nitrogens with two attached hydrogens (primary N) is 2. The fourth-order valence-electron chi connectivity index (χ4n) is 1.59. The van der Waals surface area contributed by atoms with E-state index in [2.05, 4.69) is 4.99 Å². The molecule has 1 rings (SSSR count). The largest absolute Gasteiger partial charge is 0.492 e. The summed E-state index contributed by atoms with van der Waals surface area (Å²) in [6.07, 6.45) is 3.47. The molecular formula is C12H20N4O4. The first-order valence-electron chi connectivity index (χ1n) is 6.37. The highest BCUT2D eigenvalue weighted by Crippen LogP contribution is 2.19. The lowest BCUT2D eigenvalue weighted by Crippen LogP contribution is -2.22. The van der Waals surface area contributed by atoms with Gasteiger partial charge in [0.15, 0.2) is 5.96 Å². The Morgan fingerprint density at radius 1 is 1.15 bits per heavy atom. The van der Waals surface area contributed by atoms with Crippen molar-refractivity contribution in [2.24, 2.45) is 16.5 Å². The maximum Gasteiger partial charge on any atom is 0.333 e. The molecule has 0 aliphatic carbocycles. The lowest BCUT2D eigenvalue weighted by Gasteiger charge is -2.06. The van der Waals surface area contributed by atoms with Gasteiger partial charge < -0.3 is 26.5 Å². The molecule has 0 bridgehead atoms. The van der Waals surface area contributed by atoms with E-state index >= 15 is 0 Å². The van der Waals surface area contributed by atoms with E-state index < -0.39 is 5.97 Å². The van der Waals surface area contributed by atoms with Crippen LogP contribution in [0.5, 0.6) is 11.8 Å². The van der Waals surface area contributed by atoms with Crippen molar-refractivity contribution in [3.05, 3.63) is 12.1 Å². The van der Waals surface area contributed by atoms with Crippen molar-refractivity contribution >= 4 is 11.9 Å². The minimum Gasteiger partial charge on any atom is -0.492 e. The Hall–Kier alpha value is -2.38. The second-order valence-electron chi connectivity index (χ2n) is 4.28. The topological polar surface area (TPSA) is 136 Å². The van der Waals surface area contributed by atoms with Crippen molar-refractivity contribution in [2.75, 3.05) is 6.54 Å². The number of hydrogen-bond acceptors (Lipinski definition) is 5. The zero-order chi connectivity index (χ0) is 15.0. The van der Waals surface area contributed by atoms with E-state index in [1.807, 2.05) is 0 Å². The lowest BCUT2D eigenvalue weighted by atomic mass is 10.1. The third-order valence-electron chi connectivity index (χ3n) is 2.57. The Labute approximate surface area is 116 Å². The van der Waals surface area contributed by atoms with E-state index in [1.54, 1.807) is 0 Å². The lowest BCUT2D eigenvalue weighted by molar-refractivity contribution is -0.145.